The van der Waals surface area contributed by atoms with Gasteiger partial charge in [0.05, 0.1) is 29.2 Å². The molecular formula is C27H34N2O4S. The number of nitrogens with zero attached hydrogens (tertiary/aromatic N) is 2. The van der Waals surface area contributed by atoms with E-state index in [2.05, 4.69) is 32.0 Å². The van der Waals surface area contributed by atoms with E-state index in [1.165, 1.54) is 17.3 Å². The number of aromatic nitrogens is 2. The van der Waals surface area contributed by atoms with Gasteiger partial charge in [-0.05, 0) is 58.4 Å². The van der Waals surface area contributed by atoms with Crippen LogP contribution in [0.2, 0.25) is 0 Å². The van der Waals surface area contributed by atoms with Crippen LogP contribution in [-0.4, -0.2) is 40.1 Å². The molecule has 2 heterocycles. The molecule has 0 bridgehead atoms. The highest BCUT2D eigenvalue weighted by Crippen LogP contribution is 2.50. The van der Waals surface area contributed by atoms with Crippen molar-refractivity contribution in [3.8, 4) is 11.3 Å². The molecule has 5 rings (SSSR count). The van der Waals surface area contributed by atoms with Crippen molar-refractivity contribution in [2.45, 2.75) is 87.9 Å². The smallest absolute Gasteiger partial charge is 0.316 e. The molecule has 1 aromatic heterocycles. The summed E-state index contributed by atoms with van der Waals surface area (Å²) in [6.07, 6.45) is 6.75. The van der Waals surface area contributed by atoms with Gasteiger partial charge in [0.15, 0.2) is 5.16 Å². The molecule has 2 fully saturated rings. The first kappa shape index (κ1) is 23.6. The third-order valence-electron chi connectivity index (χ3n) is 7.64. The molecule has 6 nitrogen and oxygen atoms in total. The average Bonchev–Trinajstić information content (AvgIpc) is 3.25. The molecule has 182 valence electrons. The number of hydrogen-bond acceptors (Lipinski definition) is 6. The number of thioether (sulfide) groups is 1. The average molecular weight is 483 g/mol. The van der Waals surface area contributed by atoms with E-state index < -0.39 is 0 Å². The molecule has 3 aliphatic rings. The highest BCUT2D eigenvalue weighted by molar-refractivity contribution is 7.99. The van der Waals surface area contributed by atoms with E-state index in [1.807, 2.05) is 10.6 Å². The van der Waals surface area contributed by atoms with Crippen molar-refractivity contribution in [1.82, 2.24) is 9.55 Å². The SMILES string of the molecule is CCOC(=O)CSc1nc2c(c(=O)n1C1CCOC(C)(C)C1)C1(CCCC1)Cc1ccccc1-2. The Labute approximate surface area is 205 Å². The molecule has 2 aliphatic carbocycles. The molecular weight excluding hydrogens is 448 g/mol. The maximum atomic E-state index is 14.4. The van der Waals surface area contributed by atoms with Crippen molar-refractivity contribution >= 4 is 17.7 Å². The van der Waals surface area contributed by atoms with E-state index in [9.17, 15) is 9.59 Å². The molecule has 0 radical (unpaired) electrons. The third-order valence-corrected chi connectivity index (χ3v) is 8.56. The molecule has 2 aromatic rings. The summed E-state index contributed by atoms with van der Waals surface area (Å²) in [7, 11) is 0. The Bertz CT molecular complexity index is 1150. The van der Waals surface area contributed by atoms with Crippen LogP contribution in [0.5, 0.6) is 0 Å². The zero-order valence-electron chi connectivity index (χ0n) is 20.4. The van der Waals surface area contributed by atoms with Crippen molar-refractivity contribution < 1.29 is 14.3 Å². The highest BCUT2D eigenvalue weighted by atomic mass is 32.2. The van der Waals surface area contributed by atoms with E-state index in [4.69, 9.17) is 14.5 Å². The largest absolute Gasteiger partial charge is 0.465 e. The second-order valence-electron chi connectivity index (χ2n) is 10.5. The van der Waals surface area contributed by atoms with E-state index in [0.717, 1.165) is 61.8 Å². The summed E-state index contributed by atoms with van der Waals surface area (Å²) < 4.78 is 13.0. The van der Waals surface area contributed by atoms with Gasteiger partial charge in [0.1, 0.15) is 0 Å². The number of carbonyl (C=O) groups is 1. The lowest BCUT2D eigenvalue weighted by Crippen LogP contribution is -2.44. The first-order valence-corrected chi connectivity index (χ1v) is 13.5. The zero-order chi connectivity index (χ0) is 23.9. The predicted molar refractivity (Wildman–Crippen MR) is 133 cm³/mol. The molecule has 1 aliphatic heterocycles. The predicted octanol–water partition coefficient (Wildman–Crippen LogP) is 5.06. The van der Waals surface area contributed by atoms with Crippen molar-refractivity contribution in [3.63, 3.8) is 0 Å². The summed E-state index contributed by atoms with van der Waals surface area (Å²) in [4.78, 5) is 31.8. The number of ether oxygens (including phenoxy) is 2. The lowest BCUT2D eigenvalue weighted by Gasteiger charge is -2.40. The molecule has 0 amide bonds. The first-order chi connectivity index (χ1) is 16.3. The Kier molecular flexibility index (Phi) is 6.36. The van der Waals surface area contributed by atoms with Gasteiger partial charge in [0.25, 0.3) is 5.56 Å². The number of fused-ring (bicyclic) bond motifs is 4. The molecule has 1 saturated carbocycles. The fraction of sp³-hybridized carbons (Fsp3) is 0.593. The number of esters is 1. The number of benzene rings is 1. The van der Waals surface area contributed by atoms with Crippen molar-refractivity contribution in [2.24, 2.45) is 0 Å². The van der Waals surface area contributed by atoms with E-state index in [0.29, 0.717) is 18.4 Å². The summed E-state index contributed by atoms with van der Waals surface area (Å²) >= 11 is 1.32. The lowest BCUT2D eigenvalue weighted by atomic mass is 9.68. The van der Waals surface area contributed by atoms with Crippen LogP contribution in [-0.2, 0) is 26.1 Å². The second-order valence-corrected chi connectivity index (χ2v) is 11.4. The maximum Gasteiger partial charge on any atom is 0.316 e. The summed E-state index contributed by atoms with van der Waals surface area (Å²) in [6, 6.07) is 8.36. The molecule has 1 spiro atoms. The van der Waals surface area contributed by atoms with Crippen molar-refractivity contribution in [2.75, 3.05) is 19.0 Å². The molecule has 1 unspecified atom stereocenters. The molecule has 7 heteroatoms. The fourth-order valence-electron chi connectivity index (χ4n) is 6.19. The Morgan fingerprint density at radius 1 is 1.26 bits per heavy atom. The standard InChI is InChI=1S/C27H34N2O4S/c1-4-32-21(30)17-34-25-28-23-20-10-6-5-9-18(20)15-27(12-7-8-13-27)22(23)24(31)29(25)19-11-14-33-26(2,3)16-19/h5-6,9-10,19H,4,7-8,11-17H2,1-3H3. The van der Waals surface area contributed by atoms with Crippen LogP contribution in [0.15, 0.2) is 34.2 Å². The van der Waals surface area contributed by atoms with E-state index in [-0.39, 0.29) is 34.3 Å². The molecule has 1 aromatic carbocycles. The topological polar surface area (TPSA) is 70.4 Å². The van der Waals surface area contributed by atoms with E-state index in [1.54, 1.807) is 6.92 Å². The molecule has 1 saturated heterocycles. The summed E-state index contributed by atoms with van der Waals surface area (Å²) in [5.41, 5.74) is 3.69. The quantitative estimate of drug-likeness (QED) is 0.337. The highest BCUT2D eigenvalue weighted by Gasteiger charge is 2.45. The monoisotopic (exact) mass is 482 g/mol. The second kappa shape index (κ2) is 9.15. The number of carbonyl (C=O) groups excluding carboxylic acids is 1. The minimum absolute atomic E-state index is 0.00521. The van der Waals surface area contributed by atoms with Gasteiger partial charge in [-0.1, -0.05) is 48.9 Å². The minimum Gasteiger partial charge on any atom is -0.465 e. The first-order valence-electron chi connectivity index (χ1n) is 12.5. The van der Waals surface area contributed by atoms with Crippen molar-refractivity contribution in [3.05, 3.63) is 45.7 Å². The fourth-order valence-corrected chi connectivity index (χ4v) is 7.05. The van der Waals surface area contributed by atoms with Gasteiger partial charge in [-0.25, -0.2) is 4.98 Å². The van der Waals surface area contributed by atoms with Gasteiger partial charge in [0, 0.05) is 23.6 Å². The minimum atomic E-state index is -0.307. The van der Waals surface area contributed by atoms with Crippen molar-refractivity contribution in [1.29, 1.82) is 0 Å². The Morgan fingerprint density at radius 2 is 2.03 bits per heavy atom. The molecule has 1 atom stereocenters. The maximum absolute atomic E-state index is 14.4. The zero-order valence-corrected chi connectivity index (χ0v) is 21.2. The Morgan fingerprint density at radius 3 is 2.76 bits per heavy atom. The summed E-state index contributed by atoms with van der Waals surface area (Å²) in [6.45, 7) is 6.91. The van der Waals surface area contributed by atoms with Crippen LogP contribution < -0.4 is 5.56 Å². The Hall–Kier alpha value is -2.12. The van der Waals surface area contributed by atoms with Crippen LogP contribution in [0, 0.1) is 0 Å². The third kappa shape index (κ3) is 4.22. The number of rotatable bonds is 5. The van der Waals surface area contributed by atoms with Gasteiger partial charge in [-0.2, -0.15) is 0 Å². The van der Waals surface area contributed by atoms with Crippen LogP contribution in [0.1, 0.15) is 76.5 Å². The van der Waals surface area contributed by atoms with Crippen LogP contribution >= 0.6 is 11.8 Å². The number of hydrogen-bond donors (Lipinski definition) is 0. The van der Waals surface area contributed by atoms with Gasteiger partial charge in [0.2, 0.25) is 0 Å². The van der Waals surface area contributed by atoms with Crippen LogP contribution in [0.4, 0.5) is 0 Å². The normalized spacial score (nSPS) is 22.3. The summed E-state index contributed by atoms with van der Waals surface area (Å²) in [5.74, 6) is -0.149. The molecule has 34 heavy (non-hydrogen) atoms. The lowest BCUT2D eigenvalue weighted by molar-refractivity contribution is -0.139. The van der Waals surface area contributed by atoms with Crippen LogP contribution in [0.3, 0.4) is 0 Å². The van der Waals surface area contributed by atoms with Gasteiger partial charge in [-0.3, -0.25) is 14.2 Å². The van der Waals surface area contributed by atoms with Crippen LogP contribution in [0.25, 0.3) is 11.3 Å². The molecule has 0 N–H and O–H groups in total. The van der Waals surface area contributed by atoms with Gasteiger partial charge in [-0.15, -0.1) is 0 Å². The summed E-state index contributed by atoms with van der Waals surface area (Å²) in [5, 5.41) is 0.615. The van der Waals surface area contributed by atoms with Gasteiger partial charge >= 0.3 is 5.97 Å². The Balaban J connectivity index is 1.69. The van der Waals surface area contributed by atoms with Gasteiger partial charge < -0.3 is 9.47 Å². The van der Waals surface area contributed by atoms with E-state index >= 15 is 0 Å².